The number of methoxy groups -OCH3 is 1. The highest BCUT2D eigenvalue weighted by Gasteiger charge is 2.37. The van der Waals surface area contributed by atoms with Gasteiger partial charge in [-0.3, -0.25) is 19.7 Å². The van der Waals surface area contributed by atoms with Gasteiger partial charge in [0.1, 0.15) is 12.6 Å². The zero-order valence-corrected chi connectivity index (χ0v) is 11.3. The molecule has 1 aliphatic heterocycles. The van der Waals surface area contributed by atoms with Crippen LogP contribution in [0.4, 0.5) is 0 Å². The number of imide groups is 1. The SMILES string of the molecule is CCC1C(=O)NC(=O)CN1C(=O)C(N)CCCOC. The molecule has 0 aromatic rings. The summed E-state index contributed by atoms with van der Waals surface area (Å²) in [5.74, 6) is -1.26. The van der Waals surface area contributed by atoms with Gasteiger partial charge in [-0.1, -0.05) is 6.92 Å². The van der Waals surface area contributed by atoms with Crippen LogP contribution in [0.2, 0.25) is 0 Å². The van der Waals surface area contributed by atoms with Gasteiger partial charge in [0.15, 0.2) is 0 Å². The Balaban J connectivity index is 2.66. The van der Waals surface area contributed by atoms with Crippen LogP contribution < -0.4 is 11.1 Å². The number of ether oxygens (including phenoxy) is 1. The van der Waals surface area contributed by atoms with Crippen LogP contribution in [-0.2, 0) is 19.1 Å². The largest absolute Gasteiger partial charge is 0.385 e. The molecule has 0 bridgehead atoms. The lowest BCUT2D eigenvalue weighted by molar-refractivity contribution is -0.150. The van der Waals surface area contributed by atoms with Gasteiger partial charge >= 0.3 is 0 Å². The second-order valence-corrected chi connectivity index (χ2v) is 4.54. The van der Waals surface area contributed by atoms with Crippen molar-refractivity contribution in [3.63, 3.8) is 0 Å². The van der Waals surface area contributed by atoms with Gasteiger partial charge in [0.2, 0.25) is 17.7 Å². The smallest absolute Gasteiger partial charge is 0.249 e. The Hall–Kier alpha value is -1.47. The Kier molecular flexibility index (Phi) is 5.91. The van der Waals surface area contributed by atoms with E-state index in [1.807, 2.05) is 0 Å². The fraction of sp³-hybridized carbons (Fsp3) is 0.750. The van der Waals surface area contributed by atoms with E-state index in [1.54, 1.807) is 14.0 Å². The first kappa shape index (κ1) is 15.6. The molecule has 0 saturated carbocycles. The van der Waals surface area contributed by atoms with E-state index in [1.165, 1.54) is 4.90 Å². The summed E-state index contributed by atoms with van der Waals surface area (Å²) >= 11 is 0. The predicted molar refractivity (Wildman–Crippen MR) is 68.0 cm³/mol. The second kappa shape index (κ2) is 7.20. The van der Waals surface area contributed by atoms with Gasteiger partial charge in [0, 0.05) is 13.7 Å². The number of amides is 3. The van der Waals surface area contributed by atoms with E-state index in [9.17, 15) is 14.4 Å². The average Bonchev–Trinajstić information content (AvgIpc) is 2.37. The molecule has 0 radical (unpaired) electrons. The Morgan fingerprint density at radius 1 is 1.58 bits per heavy atom. The molecule has 1 heterocycles. The number of rotatable bonds is 6. The van der Waals surface area contributed by atoms with Crippen LogP contribution in [0.3, 0.4) is 0 Å². The van der Waals surface area contributed by atoms with Crippen molar-refractivity contribution in [3.8, 4) is 0 Å². The number of carbonyl (C=O) groups excluding carboxylic acids is 3. The van der Waals surface area contributed by atoms with Crippen molar-refractivity contribution in [2.24, 2.45) is 5.73 Å². The van der Waals surface area contributed by atoms with Crippen LogP contribution in [0.15, 0.2) is 0 Å². The van der Waals surface area contributed by atoms with Crippen LogP contribution in [0.25, 0.3) is 0 Å². The number of carbonyl (C=O) groups is 3. The van der Waals surface area contributed by atoms with Crippen molar-refractivity contribution in [2.45, 2.75) is 38.3 Å². The zero-order valence-electron chi connectivity index (χ0n) is 11.3. The van der Waals surface area contributed by atoms with E-state index in [-0.39, 0.29) is 12.5 Å². The maximum atomic E-state index is 12.2. The summed E-state index contributed by atoms with van der Waals surface area (Å²) in [5, 5.41) is 2.22. The summed E-state index contributed by atoms with van der Waals surface area (Å²) in [6.07, 6.45) is 1.58. The van der Waals surface area contributed by atoms with Crippen LogP contribution >= 0.6 is 0 Å². The number of nitrogens with two attached hydrogens (primary N) is 1. The van der Waals surface area contributed by atoms with Gasteiger partial charge in [-0.25, -0.2) is 0 Å². The topological polar surface area (TPSA) is 102 Å². The third kappa shape index (κ3) is 4.00. The molecule has 0 aromatic heterocycles. The lowest BCUT2D eigenvalue weighted by atomic mass is 10.1. The first-order valence-corrected chi connectivity index (χ1v) is 6.40. The van der Waals surface area contributed by atoms with Gasteiger partial charge in [-0.15, -0.1) is 0 Å². The molecule has 19 heavy (non-hydrogen) atoms. The van der Waals surface area contributed by atoms with Crippen molar-refractivity contribution in [1.29, 1.82) is 0 Å². The van der Waals surface area contributed by atoms with E-state index >= 15 is 0 Å². The van der Waals surface area contributed by atoms with Crippen molar-refractivity contribution in [1.82, 2.24) is 10.2 Å². The third-order valence-electron chi connectivity index (χ3n) is 3.11. The molecule has 1 aliphatic rings. The highest BCUT2D eigenvalue weighted by atomic mass is 16.5. The summed E-state index contributed by atoms with van der Waals surface area (Å²) < 4.78 is 4.90. The number of piperazine rings is 1. The lowest BCUT2D eigenvalue weighted by Gasteiger charge is -2.34. The molecule has 3 amide bonds. The molecule has 7 nitrogen and oxygen atoms in total. The summed E-state index contributed by atoms with van der Waals surface area (Å²) in [6, 6.07) is -1.32. The van der Waals surface area contributed by atoms with Gasteiger partial charge in [0.25, 0.3) is 0 Å². The molecule has 7 heteroatoms. The standard InChI is InChI=1S/C12H21N3O4/c1-3-9-11(17)14-10(16)7-15(9)12(18)8(13)5-4-6-19-2/h8-9H,3-7,13H2,1-2H3,(H,14,16,17). The molecular weight excluding hydrogens is 250 g/mol. The molecule has 2 unspecified atom stereocenters. The molecule has 2 atom stereocenters. The summed E-state index contributed by atoms with van der Waals surface area (Å²) in [7, 11) is 1.58. The quantitative estimate of drug-likeness (QED) is 0.477. The fourth-order valence-corrected chi connectivity index (χ4v) is 2.09. The first-order chi connectivity index (χ1) is 9.01. The van der Waals surface area contributed by atoms with Gasteiger partial charge in [0.05, 0.1) is 6.04 Å². The maximum Gasteiger partial charge on any atom is 0.249 e. The minimum atomic E-state index is -0.706. The van der Waals surface area contributed by atoms with Crippen molar-refractivity contribution >= 4 is 17.7 Å². The normalized spacial score (nSPS) is 21.2. The monoisotopic (exact) mass is 271 g/mol. The van der Waals surface area contributed by atoms with Crippen LogP contribution in [0.1, 0.15) is 26.2 Å². The minimum absolute atomic E-state index is 0.110. The molecule has 108 valence electrons. The molecule has 1 rings (SSSR count). The predicted octanol–water partition coefficient (Wildman–Crippen LogP) is -0.996. The summed E-state index contributed by atoms with van der Waals surface area (Å²) in [5.41, 5.74) is 5.81. The van der Waals surface area contributed by atoms with E-state index in [2.05, 4.69) is 5.32 Å². The molecule has 1 fully saturated rings. The van der Waals surface area contributed by atoms with Crippen molar-refractivity contribution in [3.05, 3.63) is 0 Å². The van der Waals surface area contributed by atoms with Gasteiger partial charge < -0.3 is 15.4 Å². The van der Waals surface area contributed by atoms with Crippen LogP contribution in [-0.4, -0.2) is 55.0 Å². The Labute approximate surface area is 112 Å². The number of hydrogen-bond donors (Lipinski definition) is 2. The molecule has 0 aromatic carbocycles. The summed E-state index contributed by atoms with van der Waals surface area (Å²) in [4.78, 5) is 36.5. The van der Waals surface area contributed by atoms with E-state index in [0.29, 0.717) is 25.9 Å². The number of nitrogens with zero attached hydrogens (tertiary/aromatic N) is 1. The van der Waals surface area contributed by atoms with Crippen molar-refractivity contribution in [2.75, 3.05) is 20.3 Å². The van der Waals surface area contributed by atoms with Crippen LogP contribution in [0, 0.1) is 0 Å². The number of nitrogens with one attached hydrogen (secondary N) is 1. The highest BCUT2D eigenvalue weighted by molar-refractivity contribution is 6.04. The molecular formula is C12H21N3O4. The highest BCUT2D eigenvalue weighted by Crippen LogP contribution is 2.12. The summed E-state index contributed by atoms with van der Waals surface area (Å²) in [6.45, 7) is 2.20. The van der Waals surface area contributed by atoms with Gasteiger partial charge in [-0.2, -0.15) is 0 Å². The van der Waals surface area contributed by atoms with Crippen molar-refractivity contribution < 1.29 is 19.1 Å². The fourth-order valence-electron chi connectivity index (χ4n) is 2.09. The molecule has 0 spiro atoms. The zero-order chi connectivity index (χ0) is 14.4. The third-order valence-corrected chi connectivity index (χ3v) is 3.11. The van der Waals surface area contributed by atoms with E-state index < -0.39 is 23.9 Å². The average molecular weight is 271 g/mol. The molecule has 0 aliphatic carbocycles. The van der Waals surface area contributed by atoms with Gasteiger partial charge in [-0.05, 0) is 19.3 Å². The Morgan fingerprint density at radius 2 is 2.26 bits per heavy atom. The lowest BCUT2D eigenvalue weighted by Crippen LogP contribution is -2.62. The maximum absolute atomic E-state index is 12.2. The number of hydrogen-bond acceptors (Lipinski definition) is 5. The van der Waals surface area contributed by atoms with E-state index in [4.69, 9.17) is 10.5 Å². The minimum Gasteiger partial charge on any atom is -0.385 e. The molecule has 1 saturated heterocycles. The molecule has 3 N–H and O–H groups in total. The first-order valence-electron chi connectivity index (χ1n) is 6.40. The Bertz CT molecular complexity index is 359. The Morgan fingerprint density at radius 3 is 2.84 bits per heavy atom. The van der Waals surface area contributed by atoms with E-state index in [0.717, 1.165) is 0 Å². The second-order valence-electron chi connectivity index (χ2n) is 4.54. The van der Waals surface area contributed by atoms with Crippen LogP contribution in [0.5, 0.6) is 0 Å².